The number of rotatable bonds is 3. The lowest BCUT2D eigenvalue weighted by molar-refractivity contribution is 0.180. The zero-order valence-electron chi connectivity index (χ0n) is 12.9. The highest BCUT2D eigenvalue weighted by atomic mass is 16.2. The van der Waals surface area contributed by atoms with E-state index in [2.05, 4.69) is 25.1 Å². The molecule has 8 heteroatoms. The first-order chi connectivity index (χ1) is 10.6. The first-order valence-electron chi connectivity index (χ1n) is 7.47. The zero-order chi connectivity index (χ0) is 15.5. The highest BCUT2D eigenvalue weighted by Gasteiger charge is 2.25. The van der Waals surface area contributed by atoms with Crippen LogP contribution in [0.1, 0.15) is 30.1 Å². The van der Waals surface area contributed by atoms with Gasteiger partial charge >= 0.3 is 6.03 Å². The molecular weight excluding hydrogens is 282 g/mol. The van der Waals surface area contributed by atoms with Crippen LogP contribution in [0.2, 0.25) is 0 Å². The molecule has 1 N–H and O–H groups in total. The topological polar surface area (TPSA) is 80.9 Å². The number of urea groups is 1. The Bertz CT molecular complexity index is 639. The zero-order valence-corrected chi connectivity index (χ0v) is 12.9. The summed E-state index contributed by atoms with van der Waals surface area (Å²) in [7, 11) is 3.77. The second kappa shape index (κ2) is 6.17. The maximum atomic E-state index is 12.2. The van der Waals surface area contributed by atoms with Crippen molar-refractivity contribution in [2.45, 2.75) is 25.3 Å². The predicted octanol–water partition coefficient (Wildman–Crippen LogP) is 0.638. The van der Waals surface area contributed by atoms with Gasteiger partial charge in [-0.2, -0.15) is 15.0 Å². The summed E-state index contributed by atoms with van der Waals surface area (Å²) in [5.74, 6) is 0.483. The summed E-state index contributed by atoms with van der Waals surface area (Å²) < 4.78 is 2.06. The van der Waals surface area contributed by atoms with E-state index in [1.807, 2.05) is 24.5 Å². The van der Waals surface area contributed by atoms with Gasteiger partial charge in [-0.15, -0.1) is 0 Å². The second-order valence-electron chi connectivity index (χ2n) is 5.67. The minimum Gasteiger partial charge on any atom is -0.337 e. The molecule has 0 aliphatic carbocycles. The van der Waals surface area contributed by atoms with Crippen LogP contribution >= 0.6 is 0 Å². The van der Waals surface area contributed by atoms with E-state index in [1.165, 1.54) is 10.5 Å². The average Bonchev–Trinajstić information content (AvgIpc) is 3.13. The molecule has 2 aromatic rings. The van der Waals surface area contributed by atoms with E-state index < -0.39 is 0 Å². The summed E-state index contributed by atoms with van der Waals surface area (Å²) in [5, 5.41) is 11.0. The number of amides is 2. The molecule has 3 heterocycles. The van der Waals surface area contributed by atoms with Crippen molar-refractivity contribution in [3.05, 3.63) is 30.1 Å². The lowest BCUT2D eigenvalue weighted by Crippen LogP contribution is -2.44. The van der Waals surface area contributed by atoms with Crippen molar-refractivity contribution >= 4 is 6.03 Å². The predicted molar refractivity (Wildman–Crippen MR) is 80.0 cm³/mol. The van der Waals surface area contributed by atoms with Gasteiger partial charge in [0, 0.05) is 45.0 Å². The summed E-state index contributed by atoms with van der Waals surface area (Å²) in [4.78, 5) is 19.7. The van der Waals surface area contributed by atoms with Gasteiger partial charge in [-0.25, -0.2) is 9.78 Å². The molecule has 0 atom stereocenters. The molecule has 0 saturated carbocycles. The fourth-order valence-electron chi connectivity index (χ4n) is 2.89. The van der Waals surface area contributed by atoms with Crippen LogP contribution in [-0.4, -0.2) is 48.6 Å². The van der Waals surface area contributed by atoms with Gasteiger partial charge in [-0.1, -0.05) is 0 Å². The number of hydrogen-bond donors (Lipinski definition) is 1. The molecular formula is C14H21N7O. The van der Waals surface area contributed by atoms with Crippen molar-refractivity contribution in [2.75, 3.05) is 13.1 Å². The summed E-state index contributed by atoms with van der Waals surface area (Å²) in [6.07, 6.45) is 7.36. The number of nitrogens with one attached hydrogen (secondary N) is 1. The largest absolute Gasteiger partial charge is 0.337 e. The van der Waals surface area contributed by atoms with E-state index in [1.54, 1.807) is 13.2 Å². The molecule has 0 unspecified atom stereocenters. The van der Waals surface area contributed by atoms with Crippen LogP contribution < -0.4 is 5.32 Å². The first-order valence-corrected chi connectivity index (χ1v) is 7.47. The van der Waals surface area contributed by atoms with E-state index in [0.717, 1.165) is 31.6 Å². The van der Waals surface area contributed by atoms with Crippen molar-refractivity contribution in [1.29, 1.82) is 0 Å². The molecule has 8 nitrogen and oxygen atoms in total. The van der Waals surface area contributed by atoms with Gasteiger partial charge in [0.2, 0.25) is 0 Å². The van der Waals surface area contributed by atoms with Crippen molar-refractivity contribution < 1.29 is 4.79 Å². The molecule has 1 saturated heterocycles. The minimum atomic E-state index is -0.0332. The van der Waals surface area contributed by atoms with Gasteiger partial charge in [0.05, 0.1) is 19.1 Å². The van der Waals surface area contributed by atoms with E-state index in [-0.39, 0.29) is 6.03 Å². The Balaban J connectivity index is 1.48. The van der Waals surface area contributed by atoms with Crippen molar-refractivity contribution in [2.24, 2.45) is 14.1 Å². The third kappa shape index (κ3) is 3.10. The van der Waals surface area contributed by atoms with E-state index in [4.69, 9.17) is 0 Å². The number of aryl methyl sites for hydroxylation is 2. The maximum Gasteiger partial charge on any atom is 0.317 e. The van der Waals surface area contributed by atoms with E-state index in [9.17, 15) is 4.79 Å². The fourth-order valence-corrected chi connectivity index (χ4v) is 2.89. The molecule has 0 spiro atoms. The standard InChI is InChI=1S/C14H21N7O/c1-19-10-15-9-13(19)11-3-5-21(6-4-11)14(22)16-7-12-8-17-20(2)18-12/h8-11H,3-7H2,1-2H3,(H,16,22). The normalized spacial score (nSPS) is 16.0. The maximum absolute atomic E-state index is 12.2. The van der Waals surface area contributed by atoms with Crippen molar-refractivity contribution in [3.8, 4) is 0 Å². The summed E-state index contributed by atoms with van der Waals surface area (Å²) in [5.41, 5.74) is 2.01. The monoisotopic (exact) mass is 303 g/mol. The van der Waals surface area contributed by atoms with Crippen LogP contribution in [-0.2, 0) is 20.6 Å². The number of hydrogen-bond acceptors (Lipinski definition) is 4. The molecule has 0 aromatic carbocycles. The molecule has 3 rings (SSSR count). The van der Waals surface area contributed by atoms with Crippen molar-refractivity contribution in [3.63, 3.8) is 0 Å². The van der Waals surface area contributed by atoms with Gasteiger partial charge in [0.25, 0.3) is 0 Å². The Hall–Kier alpha value is -2.38. The third-order valence-corrected chi connectivity index (χ3v) is 4.12. The highest BCUT2D eigenvalue weighted by molar-refractivity contribution is 5.74. The fraction of sp³-hybridized carbons (Fsp3) is 0.571. The second-order valence-corrected chi connectivity index (χ2v) is 5.67. The van der Waals surface area contributed by atoms with Gasteiger partial charge in [0.15, 0.2) is 0 Å². The number of carbonyl (C=O) groups excluding carboxylic acids is 1. The third-order valence-electron chi connectivity index (χ3n) is 4.12. The SMILES string of the molecule is Cn1ncc(CNC(=O)N2CCC(c3cncn3C)CC2)n1. The number of piperidine rings is 1. The number of imidazole rings is 1. The van der Waals surface area contributed by atoms with Gasteiger partial charge < -0.3 is 14.8 Å². The number of likely N-dealkylation sites (tertiary alicyclic amines) is 1. The summed E-state index contributed by atoms with van der Waals surface area (Å²) in [6, 6.07) is -0.0332. The van der Waals surface area contributed by atoms with Crippen LogP contribution in [0.15, 0.2) is 18.7 Å². The van der Waals surface area contributed by atoms with Crippen LogP contribution in [0.5, 0.6) is 0 Å². The van der Waals surface area contributed by atoms with E-state index >= 15 is 0 Å². The summed E-state index contributed by atoms with van der Waals surface area (Å²) >= 11 is 0. The van der Waals surface area contributed by atoms with Crippen LogP contribution in [0, 0.1) is 0 Å². The Morgan fingerprint density at radius 1 is 1.32 bits per heavy atom. The molecule has 0 bridgehead atoms. The molecule has 2 amide bonds. The number of aromatic nitrogens is 5. The Morgan fingerprint density at radius 2 is 2.09 bits per heavy atom. The minimum absolute atomic E-state index is 0.0332. The van der Waals surface area contributed by atoms with E-state index in [0.29, 0.717) is 12.5 Å². The van der Waals surface area contributed by atoms with Crippen molar-refractivity contribution in [1.82, 2.24) is 34.8 Å². The number of carbonyl (C=O) groups is 1. The molecule has 1 aliphatic rings. The van der Waals surface area contributed by atoms with Crippen LogP contribution in [0.25, 0.3) is 0 Å². The van der Waals surface area contributed by atoms with Gasteiger partial charge in [-0.3, -0.25) is 0 Å². The van der Waals surface area contributed by atoms with Gasteiger partial charge in [0.1, 0.15) is 5.69 Å². The molecule has 118 valence electrons. The highest BCUT2D eigenvalue weighted by Crippen LogP contribution is 2.27. The first kappa shape index (κ1) is 14.6. The molecule has 0 radical (unpaired) electrons. The lowest BCUT2D eigenvalue weighted by atomic mass is 9.94. The molecule has 1 fully saturated rings. The quantitative estimate of drug-likeness (QED) is 0.902. The smallest absolute Gasteiger partial charge is 0.317 e. The van der Waals surface area contributed by atoms with Crippen LogP contribution in [0.4, 0.5) is 4.79 Å². The molecule has 22 heavy (non-hydrogen) atoms. The number of nitrogens with zero attached hydrogens (tertiary/aromatic N) is 6. The summed E-state index contributed by atoms with van der Waals surface area (Å²) in [6.45, 7) is 1.94. The van der Waals surface area contributed by atoms with Crippen LogP contribution in [0.3, 0.4) is 0 Å². The Labute approximate surface area is 129 Å². The average molecular weight is 303 g/mol. The van der Waals surface area contributed by atoms with Gasteiger partial charge in [-0.05, 0) is 12.8 Å². The lowest BCUT2D eigenvalue weighted by Gasteiger charge is -2.32. The Morgan fingerprint density at radius 3 is 2.68 bits per heavy atom. The molecule has 1 aliphatic heterocycles. The molecule has 2 aromatic heterocycles. The Kier molecular flexibility index (Phi) is 4.08.